The van der Waals surface area contributed by atoms with Gasteiger partial charge in [0.2, 0.25) is 0 Å². The number of hydrogen-bond donors (Lipinski definition) is 0. The smallest absolute Gasteiger partial charge is 0.263 e. The Morgan fingerprint density at radius 1 is 1.00 bits per heavy atom. The van der Waals surface area contributed by atoms with Crippen LogP contribution in [-0.4, -0.2) is 42.0 Å². The van der Waals surface area contributed by atoms with E-state index in [0.29, 0.717) is 42.1 Å². The van der Waals surface area contributed by atoms with Crippen LogP contribution < -0.4 is 10.3 Å². The first-order valence-electron chi connectivity index (χ1n) is 11.8. The van der Waals surface area contributed by atoms with Gasteiger partial charge in [0.15, 0.2) is 0 Å². The van der Waals surface area contributed by atoms with Gasteiger partial charge >= 0.3 is 0 Å². The number of likely N-dealkylation sites (N-methyl/N-ethyl adjacent to an activating group) is 1. The first-order chi connectivity index (χ1) is 17.6. The summed E-state index contributed by atoms with van der Waals surface area (Å²) in [5.74, 6) is 1.27. The summed E-state index contributed by atoms with van der Waals surface area (Å²) in [5.41, 5.74) is 2.14. The number of nitrogens with zero attached hydrogens (tertiary/aromatic N) is 2. The molecule has 0 aliphatic rings. The van der Waals surface area contributed by atoms with Gasteiger partial charge in [0.25, 0.3) is 11.5 Å². The van der Waals surface area contributed by atoms with Crippen LogP contribution in [0.2, 0.25) is 0 Å². The summed E-state index contributed by atoms with van der Waals surface area (Å²) in [6.07, 6.45) is 1.76. The van der Waals surface area contributed by atoms with Crippen molar-refractivity contribution in [2.24, 2.45) is 0 Å². The van der Waals surface area contributed by atoms with E-state index in [0.717, 1.165) is 21.4 Å². The molecule has 0 unspecified atom stereocenters. The summed E-state index contributed by atoms with van der Waals surface area (Å²) in [6, 6.07) is 22.5. The number of pyridine rings is 2. The lowest BCUT2D eigenvalue weighted by Crippen LogP contribution is -2.34. The molecule has 3 aromatic heterocycles. The SMILES string of the molecule is CCN(CCOC)C(=O)c1cc(-c2ccc(Oc3ccccc3)cc2)c(=O)n2ccc3ccsc3c12. The van der Waals surface area contributed by atoms with Crippen LogP contribution in [0.15, 0.2) is 89.2 Å². The number of hydrogen-bond acceptors (Lipinski definition) is 5. The molecule has 0 aliphatic carbocycles. The van der Waals surface area contributed by atoms with Gasteiger partial charge in [0.1, 0.15) is 11.5 Å². The van der Waals surface area contributed by atoms with E-state index in [1.54, 1.807) is 28.7 Å². The highest BCUT2D eigenvalue weighted by Crippen LogP contribution is 2.31. The number of carbonyl (C=O) groups excluding carboxylic acids is 1. The van der Waals surface area contributed by atoms with E-state index in [1.165, 1.54) is 11.3 Å². The second-order valence-corrected chi connectivity index (χ2v) is 9.25. The normalized spacial score (nSPS) is 11.2. The van der Waals surface area contributed by atoms with Gasteiger partial charge in [-0.1, -0.05) is 30.3 Å². The molecule has 5 rings (SSSR count). The molecule has 2 aromatic carbocycles. The minimum Gasteiger partial charge on any atom is -0.457 e. The molecule has 0 saturated carbocycles. The standard InChI is InChI=1S/C29H26N2O4S/c1-3-30(16-17-34-2)28(32)25-19-24(29(33)31-15-13-21-14-18-36-27(21)26(25)31)20-9-11-23(12-10-20)35-22-7-5-4-6-8-22/h4-15,18-19H,3,16-17H2,1-2H3. The zero-order valence-electron chi connectivity index (χ0n) is 20.1. The maximum absolute atomic E-state index is 13.8. The van der Waals surface area contributed by atoms with E-state index in [9.17, 15) is 9.59 Å². The van der Waals surface area contributed by atoms with Crippen LogP contribution in [0.25, 0.3) is 26.7 Å². The number of rotatable bonds is 8. The quantitative estimate of drug-likeness (QED) is 0.260. The molecule has 3 heterocycles. The number of para-hydroxylation sites is 1. The third-order valence-electron chi connectivity index (χ3n) is 6.16. The number of ether oxygens (including phenoxy) is 2. The monoisotopic (exact) mass is 498 g/mol. The molecule has 0 bridgehead atoms. The predicted molar refractivity (Wildman–Crippen MR) is 144 cm³/mol. The van der Waals surface area contributed by atoms with Crippen molar-refractivity contribution in [2.45, 2.75) is 6.92 Å². The molecule has 7 heteroatoms. The molecule has 0 spiro atoms. The van der Waals surface area contributed by atoms with Crippen LogP contribution >= 0.6 is 11.3 Å². The average Bonchev–Trinajstić information content (AvgIpc) is 3.40. The molecule has 0 N–H and O–H groups in total. The van der Waals surface area contributed by atoms with E-state index in [2.05, 4.69) is 0 Å². The van der Waals surface area contributed by atoms with Crippen molar-refractivity contribution >= 4 is 32.8 Å². The molecule has 1 amide bonds. The summed E-state index contributed by atoms with van der Waals surface area (Å²) in [6.45, 7) is 3.39. The maximum atomic E-state index is 13.8. The summed E-state index contributed by atoms with van der Waals surface area (Å²) < 4.78 is 13.6. The van der Waals surface area contributed by atoms with E-state index < -0.39 is 0 Å². The highest BCUT2D eigenvalue weighted by atomic mass is 32.1. The lowest BCUT2D eigenvalue weighted by atomic mass is 10.0. The summed E-state index contributed by atoms with van der Waals surface area (Å²) in [4.78, 5) is 29.1. The molecule has 0 atom stereocenters. The summed E-state index contributed by atoms with van der Waals surface area (Å²) in [5, 5.41) is 2.98. The molecule has 182 valence electrons. The second kappa shape index (κ2) is 10.4. The first kappa shape index (κ1) is 23.8. The van der Waals surface area contributed by atoms with Crippen LogP contribution in [0.1, 0.15) is 17.3 Å². The fraction of sp³-hybridized carbons (Fsp3) is 0.172. The van der Waals surface area contributed by atoms with Crippen LogP contribution in [0, 0.1) is 0 Å². The summed E-state index contributed by atoms with van der Waals surface area (Å²) >= 11 is 1.53. The molecular formula is C29H26N2O4S. The molecule has 5 aromatic rings. The van der Waals surface area contributed by atoms with E-state index in [1.807, 2.05) is 79.0 Å². The number of methoxy groups -OCH3 is 1. The predicted octanol–water partition coefficient (Wildman–Crippen LogP) is 6.08. The van der Waals surface area contributed by atoms with Gasteiger partial charge in [0, 0.05) is 32.0 Å². The van der Waals surface area contributed by atoms with Crippen LogP contribution in [-0.2, 0) is 4.74 Å². The Morgan fingerprint density at radius 2 is 1.75 bits per heavy atom. The highest BCUT2D eigenvalue weighted by Gasteiger charge is 2.22. The Kier molecular flexibility index (Phi) is 6.84. The second-order valence-electron chi connectivity index (χ2n) is 8.33. The molecule has 0 saturated heterocycles. The van der Waals surface area contributed by atoms with Gasteiger partial charge in [0.05, 0.1) is 22.4 Å². The Hall–Kier alpha value is -3.94. The fourth-order valence-electron chi connectivity index (χ4n) is 4.28. The Bertz CT molecular complexity index is 1570. The molecule has 0 aliphatic heterocycles. The molecule has 0 radical (unpaired) electrons. The van der Waals surface area contributed by atoms with Gasteiger partial charge in [-0.25, -0.2) is 0 Å². The number of amides is 1. The lowest BCUT2D eigenvalue weighted by molar-refractivity contribution is 0.0708. The summed E-state index contributed by atoms with van der Waals surface area (Å²) in [7, 11) is 1.62. The zero-order chi connectivity index (χ0) is 25.1. The largest absolute Gasteiger partial charge is 0.457 e. The minimum absolute atomic E-state index is 0.127. The van der Waals surface area contributed by atoms with Crippen molar-refractivity contribution < 1.29 is 14.3 Å². The molecule has 36 heavy (non-hydrogen) atoms. The van der Waals surface area contributed by atoms with Crippen molar-refractivity contribution in [3.8, 4) is 22.6 Å². The average molecular weight is 499 g/mol. The van der Waals surface area contributed by atoms with Crippen molar-refractivity contribution in [1.29, 1.82) is 0 Å². The number of aromatic nitrogens is 1. The Morgan fingerprint density at radius 3 is 2.47 bits per heavy atom. The van der Waals surface area contributed by atoms with Gasteiger partial charge in [-0.15, -0.1) is 11.3 Å². The fourth-order valence-corrected chi connectivity index (χ4v) is 5.22. The Balaban J connectivity index is 1.63. The minimum atomic E-state index is -0.173. The van der Waals surface area contributed by atoms with Gasteiger partial charge < -0.3 is 14.4 Å². The number of thiophene rings is 1. The molecular weight excluding hydrogens is 472 g/mol. The first-order valence-corrected chi connectivity index (χ1v) is 12.7. The van der Waals surface area contributed by atoms with Crippen LogP contribution in [0.3, 0.4) is 0 Å². The van der Waals surface area contributed by atoms with Crippen LogP contribution in [0.5, 0.6) is 11.5 Å². The third-order valence-corrected chi connectivity index (χ3v) is 7.09. The third kappa shape index (κ3) is 4.51. The van der Waals surface area contributed by atoms with Gasteiger partial charge in [-0.2, -0.15) is 0 Å². The van der Waals surface area contributed by atoms with Crippen LogP contribution in [0.4, 0.5) is 0 Å². The number of fused-ring (bicyclic) bond motifs is 3. The van der Waals surface area contributed by atoms with Crippen molar-refractivity contribution in [3.05, 3.63) is 100 Å². The number of benzene rings is 2. The number of carbonyl (C=O) groups is 1. The zero-order valence-corrected chi connectivity index (χ0v) is 21.0. The molecule has 0 fully saturated rings. The van der Waals surface area contributed by atoms with E-state index >= 15 is 0 Å². The highest BCUT2D eigenvalue weighted by molar-refractivity contribution is 7.18. The van der Waals surface area contributed by atoms with Crippen molar-refractivity contribution in [1.82, 2.24) is 9.30 Å². The van der Waals surface area contributed by atoms with Gasteiger partial charge in [-0.05, 0) is 65.7 Å². The van der Waals surface area contributed by atoms with Crippen molar-refractivity contribution in [3.63, 3.8) is 0 Å². The lowest BCUT2D eigenvalue weighted by Gasteiger charge is -2.22. The van der Waals surface area contributed by atoms with Crippen molar-refractivity contribution in [2.75, 3.05) is 26.8 Å². The van der Waals surface area contributed by atoms with Gasteiger partial charge in [-0.3, -0.25) is 14.0 Å². The van der Waals surface area contributed by atoms with E-state index in [-0.39, 0.29) is 11.5 Å². The Labute approximate surface area is 212 Å². The maximum Gasteiger partial charge on any atom is 0.263 e. The molecule has 6 nitrogen and oxygen atoms in total. The topological polar surface area (TPSA) is 60.2 Å². The van der Waals surface area contributed by atoms with E-state index in [4.69, 9.17) is 9.47 Å².